The first kappa shape index (κ1) is 29.8. The van der Waals surface area contributed by atoms with Crippen molar-refractivity contribution in [3.05, 3.63) is 40.7 Å². The molecule has 0 radical (unpaired) electrons. The molecule has 2 unspecified atom stereocenters. The van der Waals surface area contributed by atoms with Crippen molar-refractivity contribution in [2.75, 3.05) is 56.5 Å². The van der Waals surface area contributed by atoms with Crippen LogP contribution >= 0.6 is 23.4 Å². The van der Waals surface area contributed by atoms with E-state index >= 15 is 4.39 Å². The van der Waals surface area contributed by atoms with Crippen molar-refractivity contribution >= 4 is 46.0 Å². The highest BCUT2D eigenvalue weighted by Gasteiger charge is 2.25. The average Bonchev–Trinajstić information content (AvgIpc) is 3.35. The van der Waals surface area contributed by atoms with E-state index in [1.54, 1.807) is 11.8 Å². The lowest BCUT2D eigenvalue weighted by atomic mass is 9.98. The van der Waals surface area contributed by atoms with E-state index < -0.39 is 5.82 Å². The van der Waals surface area contributed by atoms with Gasteiger partial charge in [0.15, 0.2) is 5.82 Å². The minimum atomic E-state index is -0.423. The molecule has 2 aromatic carbocycles. The summed E-state index contributed by atoms with van der Waals surface area (Å²) in [6, 6.07) is 8.08. The largest absolute Gasteiger partial charge is 0.353 e. The molecule has 0 spiro atoms. The number of hydrogen-bond donors (Lipinski definition) is 3. The molecule has 10 heteroatoms. The Bertz CT molecular complexity index is 1280. The van der Waals surface area contributed by atoms with Crippen LogP contribution in [0.3, 0.4) is 0 Å². The number of nitrogens with zero attached hydrogens (tertiary/aromatic N) is 4. The predicted octanol–water partition coefficient (Wildman–Crippen LogP) is 5.74. The second kappa shape index (κ2) is 13.5. The number of halogens is 2. The minimum Gasteiger partial charge on any atom is -0.353 e. The summed E-state index contributed by atoms with van der Waals surface area (Å²) in [6.45, 7) is 13.0. The number of piperazine rings is 1. The second-order valence-electron chi connectivity index (χ2n) is 9.96. The van der Waals surface area contributed by atoms with Crippen LogP contribution in [0.5, 0.6) is 0 Å². The molecular weight excluding hydrogens is 533 g/mol. The number of nitrogens with two attached hydrogens (primary N) is 1. The Morgan fingerprint density at radius 1 is 1.23 bits per heavy atom. The van der Waals surface area contributed by atoms with Gasteiger partial charge in [-0.25, -0.2) is 9.37 Å². The fourth-order valence-corrected chi connectivity index (χ4v) is 6.42. The third-order valence-electron chi connectivity index (χ3n) is 7.31. The van der Waals surface area contributed by atoms with Crippen molar-refractivity contribution in [3.63, 3.8) is 0 Å². The molecule has 2 aliphatic heterocycles. The van der Waals surface area contributed by atoms with E-state index in [4.69, 9.17) is 27.3 Å². The van der Waals surface area contributed by atoms with Crippen LogP contribution in [-0.2, 0) is 0 Å². The van der Waals surface area contributed by atoms with Gasteiger partial charge in [0.05, 0.1) is 10.4 Å². The van der Waals surface area contributed by atoms with Crippen LogP contribution in [0.4, 0.5) is 16.2 Å². The number of thioether (sulfide) groups is 1. The van der Waals surface area contributed by atoms with Crippen molar-refractivity contribution in [1.29, 1.82) is 0 Å². The highest BCUT2D eigenvalue weighted by Crippen LogP contribution is 2.41. The highest BCUT2D eigenvalue weighted by atomic mass is 35.5. The SMILES string of the molecule is CC.Cc1c(SC(C)N)cccc1-c1c(Cl)cc2c(N3CCNCC3)nc(NCC3CCCN3C)nc2c1F. The lowest BCUT2D eigenvalue weighted by Gasteiger charge is -2.30. The van der Waals surface area contributed by atoms with Gasteiger partial charge in [0.25, 0.3) is 0 Å². The van der Waals surface area contributed by atoms with E-state index in [9.17, 15) is 0 Å². The number of hydrogen-bond acceptors (Lipinski definition) is 8. The van der Waals surface area contributed by atoms with Gasteiger partial charge in [-0.3, -0.25) is 0 Å². The third-order valence-corrected chi connectivity index (χ3v) is 8.68. The summed E-state index contributed by atoms with van der Waals surface area (Å²) in [5.41, 5.74) is 8.38. The number of anilines is 2. The normalized spacial score (nSPS) is 18.7. The third kappa shape index (κ3) is 6.60. The quantitative estimate of drug-likeness (QED) is 0.244. The standard InChI is InChI=1S/C27H35ClFN7S.C2H6/c1-16-19(7-4-8-22(16)37-17(2)30)23-21(28)14-20-25(24(23)29)33-27(32-15-18-6-5-11-35(18)3)34-26(20)36-12-9-31-10-13-36;1-2/h4,7-8,14,17-18,31H,5-6,9-13,15,30H2,1-3H3,(H,32,33,34);1-2H3. The van der Waals surface area contributed by atoms with Crippen LogP contribution in [-0.4, -0.2) is 72.6 Å². The first-order valence-electron chi connectivity index (χ1n) is 13.9. The van der Waals surface area contributed by atoms with Crippen LogP contribution in [0.2, 0.25) is 5.02 Å². The number of aromatic nitrogens is 2. The Morgan fingerprint density at radius 2 is 1.97 bits per heavy atom. The van der Waals surface area contributed by atoms with Crippen molar-refractivity contribution in [3.8, 4) is 11.1 Å². The molecule has 0 bridgehead atoms. The Balaban J connectivity index is 0.00000172. The molecule has 0 saturated carbocycles. The molecule has 2 saturated heterocycles. The maximum absolute atomic E-state index is 16.4. The van der Waals surface area contributed by atoms with E-state index in [0.717, 1.165) is 67.5 Å². The smallest absolute Gasteiger partial charge is 0.225 e. The van der Waals surface area contributed by atoms with Gasteiger partial charge < -0.3 is 26.2 Å². The zero-order valence-electron chi connectivity index (χ0n) is 23.7. The van der Waals surface area contributed by atoms with Gasteiger partial charge in [-0.05, 0) is 63.5 Å². The number of nitrogens with one attached hydrogen (secondary N) is 2. The molecule has 0 aliphatic carbocycles. The van der Waals surface area contributed by atoms with Crippen molar-refractivity contribution in [2.45, 2.75) is 56.8 Å². The summed E-state index contributed by atoms with van der Waals surface area (Å²) < 4.78 is 16.4. The zero-order valence-corrected chi connectivity index (χ0v) is 25.2. The van der Waals surface area contributed by atoms with Gasteiger partial charge in [-0.2, -0.15) is 4.98 Å². The molecule has 4 N–H and O–H groups in total. The number of rotatable bonds is 7. The van der Waals surface area contributed by atoms with E-state index in [1.165, 1.54) is 6.42 Å². The van der Waals surface area contributed by atoms with E-state index in [1.807, 2.05) is 52.0 Å². The van der Waals surface area contributed by atoms with Gasteiger partial charge in [0.2, 0.25) is 5.95 Å². The summed E-state index contributed by atoms with van der Waals surface area (Å²) in [4.78, 5) is 15.1. The fourth-order valence-electron chi connectivity index (χ4n) is 5.28. The van der Waals surface area contributed by atoms with Gasteiger partial charge in [-0.15, -0.1) is 11.8 Å². The summed E-state index contributed by atoms with van der Waals surface area (Å²) in [5, 5.41) is 7.69. The van der Waals surface area contributed by atoms with E-state index in [2.05, 4.69) is 27.5 Å². The molecule has 0 amide bonds. The van der Waals surface area contributed by atoms with Gasteiger partial charge in [-0.1, -0.05) is 37.6 Å². The van der Waals surface area contributed by atoms with Gasteiger partial charge in [0, 0.05) is 54.6 Å². The molecule has 7 nitrogen and oxygen atoms in total. The van der Waals surface area contributed by atoms with Crippen LogP contribution < -0.4 is 21.3 Å². The molecule has 212 valence electrons. The van der Waals surface area contributed by atoms with Crippen molar-refractivity contribution < 1.29 is 4.39 Å². The first-order chi connectivity index (χ1) is 18.8. The van der Waals surface area contributed by atoms with E-state index in [0.29, 0.717) is 28.0 Å². The molecule has 39 heavy (non-hydrogen) atoms. The molecule has 3 aromatic rings. The maximum Gasteiger partial charge on any atom is 0.225 e. The molecule has 2 atom stereocenters. The van der Waals surface area contributed by atoms with Crippen LogP contribution in [0, 0.1) is 12.7 Å². The van der Waals surface area contributed by atoms with Crippen molar-refractivity contribution in [2.24, 2.45) is 5.73 Å². The molecule has 1 aromatic heterocycles. The minimum absolute atomic E-state index is 0.0762. The number of benzene rings is 2. The van der Waals surface area contributed by atoms with Crippen LogP contribution in [0.1, 0.15) is 39.2 Å². The molecule has 3 heterocycles. The van der Waals surface area contributed by atoms with Crippen LogP contribution in [0.25, 0.3) is 22.0 Å². The Kier molecular flexibility index (Phi) is 10.3. The number of fused-ring (bicyclic) bond motifs is 1. The second-order valence-corrected chi connectivity index (χ2v) is 11.8. The maximum atomic E-state index is 16.4. The lowest BCUT2D eigenvalue weighted by molar-refractivity contribution is 0.322. The summed E-state index contributed by atoms with van der Waals surface area (Å²) in [5.74, 6) is 0.749. The van der Waals surface area contributed by atoms with Gasteiger partial charge in [0.1, 0.15) is 11.3 Å². The predicted molar refractivity (Wildman–Crippen MR) is 165 cm³/mol. The summed E-state index contributed by atoms with van der Waals surface area (Å²) in [7, 11) is 2.14. The summed E-state index contributed by atoms with van der Waals surface area (Å²) >= 11 is 8.36. The Hall–Kier alpha value is -2.17. The lowest BCUT2D eigenvalue weighted by Crippen LogP contribution is -2.44. The molecule has 2 fully saturated rings. The van der Waals surface area contributed by atoms with E-state index in [-0.39, 0.29) is 10.9 Å². The Labute approximate surface area is 241 Å². The topological polar surface area (TPSA) is 82.3 Å². The average molecular weight is 574 g/mol. The molecule has 5 rings (SSSR count). The van der Waals surface area contributed by atoms with Crippen molar-refractivity contribution in [1.82, 2.24) is 20.2 Å². The fraction of sp³-hybridized carbons (Fsp3) is 0.517. The monoisotopic (exact) mass is 573 g/mol. The van der Waals surface area contributed by atoms with Crippen LogP contribution in [0.15, 0.2) is 29.2 Å². The molecular formula is C29H41ClFN7S. The molecule has 2 aliphatic rings. The highest BCUT2D eigenvalue weighted by molar-refractivity contribution is 7.99. The zero-order chi connectivity index (χ0) is 28.1. The summed E-state index contributed by atoms with van der Waals surface area (Å²) in [6.07, 6.45) is 2.31. The number of likely N-dealkylation sites (N-methyl/N-ethyl adjacent to an activating group) is 1. The van der Waals surface area contributed by atoms with Gasteiger partial charge >= 0.3 is 0 Å². The number of likely N-dealkylation sites (tertiary alicyclic amines) is 1. The first-order valence-corrected chi connectivity index (χ1v) is 15.2. The Morgan fingerprint density at radius 3 is 2.64 bits per heavy atom.